The fourth-order valence-electron chi connectivity index (χ4n) is 2.94. The summed E-state index contributed by atoms with van der Waals surface area (Å²) in [5.74, 6) is 0.295. The molecule has 0 aliphatic rings. The Morgan fingerprint density at radius 2 is 1.81 bits per heavy atom. The zero-order valence-electron chi connectivity index (χ0n) is 18.6. The molecule has 0 spiro atoms. The van der Waals surface area contributed by atoms with E-state index < -0.39 is 16.5 Å². The third kappa shape index (κ3) is 8.16. The molecule has 1 atom stereocenters. The minimum absolute atomic E-state index is 0.0289. The highest BCUT2D eigenvalue weighted by Gasteiger charge is 2.28. The largest absolute Gasteiger partial charge is 0.350 e. The van der Waals surface area contributed by atoms with E-state index in [1.165, 1.54) is 23.9 Å². The van der Waals surface area contributed by atoms with Gasteiger partial charge in [0.25, 0.3) is 5.69 Å². The highest BCUT2D eigenvalue weighted by molar-refractivity contribution is 7.99. The minimum Gasteiger partial charge on any atom is -0.350 e. The molecule has 0 bridgehead atoms. The van der Waals surface area contributed by atoms with Crippen LogP contribution in [0.3, 0.4) is 0 Å². The summed E-state index contributed by atoms with van der Waals surface area (Å²) in [7, 11) is 0. The lowest BCUT2D eigenvalue weighted by Crippen LogP contribution is -2.52. The number of nitrogens with zero attached hydrogens (tertiary/aromatic N) is 2. The first-order valence-corrected chi connectivity index (χ1v) is 11.7. The van der Waals surface area contributed by atoms with Crippen LogP contribution in [-0.2, 0) is 21.9 Å². The van der Waals surface area contributed by atoms with Crippen LogP contribution in [-0.4, -0.2) is 39.0 Å². The van der Waals surface area contributed by atoms with E-state index in [1.807, 2.05) is 32.9 Å². The number of hydrogen-bond donors (Lipinski definition) is 1. The maximum absolute atomic E-state index is 13.1. The summed E-state index contributed by atoms with van der Waals surface area (Å²) in [6.07, 6.45) is 0. The van der Waals surface area contributed by atoms with Crippen molar-refractivity contribution in [3.63, 3.8) is 0 Å². The molecule has 2 aromatic rings. The zero-order chi connectivity index (χ0) is 23.9. The van der Waals surface area contributed by atoms with E-state index in [0.29, 0.717) is 10.8 Å². The number of nitro groups is 1. The van der Waals surface area contributed by atoms with Gasteiger partial charge in [-0.1, -0.05) is 35.9 Å². The third-order valence-electron chi connectivity index (χ3n) is 4.55. The van der Waals surface area contributed by atoms with Crippen LogP contribution in [0.4, 0.5) is 5.69 Å². The van der Waals surface area contributed by atoms with E-state index in [9.17, 15) is 19.7 Å². The minimum atomic E-state index is -0.666. The lowest BCUT2D eigenvalue weighted by atomic mass is 10.1. The van der Waals surface area contributed by atoms with Crippen LogP contribution in [0.25, 0.3) is 0 Å². The van der Waals surface area contributed by atoms with Crippen molar-refractivity contribution in [3.05, 3.63) is 74.8 Å². The molecule has 2 aromatic carbocycles. The topological polar surface area (TPSA) is 92.6 Å². The highest BCUT2D eigenvalue weighted by atomic mass is 35.5. The number of nitrogens with one attached hydrogen (secondary N) is 1. The highest BCUT2D eigenvalue weighted by Crippen LogP contribution is 2.20. The van der Waals surface area contributed by atoms with Gasteiger partial charge in [0, 0.05) is 35.0 Å². The van der Waals surface area contributed by atoms with Crippen LogP contribution in [0, 0.1) is 10.1 Å². The number of nitro benzene ring substituents is 1. The molecular formula is C23H28ClN3O4S. The van der Waals surface area contributed by atoms with Crippen LogP contribution in [0.2, 0.25) is 5.02 Å². The molecule has 0 heterocycles. The van der Waals surface area contributed by atoms with Crippen molar-refractivity contribution in [2.75, 3.05) is 5.75 Å². The van der Waals surface area contributed by atoms with E-state index in [2.05, 4.69) is 5.32 Å². The molecule has 0 aliphatic heterocycles. The first kappa shape index (κ1) is 25.7. The summed E-state index contributed by atoms with van der Waals surface area (Å²) < 4.78 is 0. The summed E-state index contributed by atoms with van der Waals surface area (Å²) in [5, 5.41) is 14.3. The number of hydrogen-bond acceptors (Lipinski definition) is 5. The standard InChI is InChI=1S/C23H28ClN3O4S/c1-16(22(29)25-23(2,3)4)26(13-18-6-5-7-19(24)12-18)21(28)15-32-14-17-8-10-20(11-9-17)27(30)31/h5-12,16H,13-15H2,1-4H3,(H,25,29)/t16-/m1/s1. The predicted octanol–water partition coefficient (Wildman–Crippen LogP) is 4.81. The monoisotopic (exact) mass is 477 g/mol. The molecule has 172 valence electrons. The fourth-order valence-corrected chi connectivity index (χ4v) is 4.03. The van der Waals surface area contributed by atoms with Gasteiger partial charge in [-0.05, 0) is 51.0 Å². The van der Waals surface area contributed by atoms with Gasteiger partial charge in [0.2, 0.25) is 11.8 Å². The zero-order valence-corrected chi connectivity index (χ0v) is 20.2. The van der Waals surface area contributed by atoms with Crippen LogP contribution in [0.1, 0.15) is 38.8 Å². The lowest BCUT2D eigenvalue weighted by molar-refractivity contribution is -0.384. The maximum atomic E-state index is 13.1. The second-order valence-electron chi connectivity index (χ2n) is 8.48. The molecule has 7 nitrogen and oxygen atoms in total. The lowest BCUT2D eigenvalue weighted by Gasteiger charge is -2.31. The summed E-state index contributed by atoms with van der Waals surface area (Å²) in [5.41, 5.74) is 1.33. The van der Waals surface area contributed by atoms with Crippen molar-refractivity contribution in [1.82, 2.24) is 10.2 Å². The number of thioether (sulfide) groups is 1. The molecule has 2 rings (SSSR count). The van der Waals surface area contributed by atoms with Gasteiger partial charge in [-0.15, -0.1) is 11.8 Å². The predicted molar refractivity (Wildman–Crippen MR) is 129 cm³/mol. The molecule has 0 aliphatic carbocycles. The normalized spacial score (nSPS) is 12.2. The Balaban J connectivity index is 2.08. The number of non-ortho nitro benzene ring substituents is 1. The second-order valence-corrected chi connectivity index (χ2v) is 9.91. The summed E-state index contributed by atoms with van der Waals surface area (Å²) in [6, 6.07) is 12.8. The van der Waals surface area contributed by atoms with Crippen LogP contribution < -0.4 is 5.32 Å². The Bertz CT molecular complexity index is 960. The Morgan fingerprint density at radius 3 is 2.38 bits per heavy atom. The van der Waals surface area contributed by atoms with Crippen molar-refractivity contribution >= 4 is 40.9 Å². The molecule has 9 heteroatoms. The number of benzene rings is 2. The van der Waals surface area contributed by atoms with Crippen LogP contribution in [0.15, 0.2) is 48.5 Å². The Hall–Kier alpha value is -2.58. The van der Waals surface area contributed by atoms with Crippen molar-refractivity contribution in [2.45, 2.75) is 51.6 Å². The molecular weight excluding hydrogens is 450 g/mol. The summed E-state index contributed by atoms with van der Waals surface area (Å²) in [4.78, 5) is 37.7. The maximum Gasteiger partial charge on any atom is 0.269 e. The average Bonchev–Trinajstić information content (AvgIpc) is 2.70. The quantitative estimate of drug-likeness (QED) is 0.413. The first-order valence-electron chi connectivity index (χ1n) is 10.1. The van der Waals surface area contributed by atoms with Crippen molar-refractivity contribution in [2.24, 2.45) is 0 Å². The number of rotatable bonds is 9. The number of halogens is 1. The molecule has 32 heavy (non-hydrogen) atoms. The molecule has 1 N–H and O–H groups in total. The number of carbonyl (C=O) groups is 2. The fraction of sp³-hybridized carbons (Fsp3) is 0.391. The molecule has 0 radical (unpaired) electrons. The van der Waals surface area contributed by atoms with Crippen molar-refractivity contribution in [3.8, 4) is 0 Å². The molecule has 0 fully saturated rings. The Kier molecular flexibility index (Phi) is 9.09. The smallest absolute Gasteiger partial charge is 0.269 e. The van der Waals surface area contributed by atoms with E-state index in [0.717, 1.165) is 11.1 Å². The first-order chi connectivity index (χ1) is 15.0. The number of amides is 2. The summed E-state index contributed by atoms with van der Waals surface area (Å²) in [6.45, 7) is 7.64. The van der Waals surface area contributed by atoms with Crippen LogP contribution >= 0.6 is 23.4 Å². The van der Waals surface area contributed by atoms with Gasteiger partial charge in [-0.3, -0.25) is 19.7 Å². The second kappa shape index (κ2) is 11.3. The Labute approximate surface area is 197 Å². The SMILES string of the molecule is C[C@H](C(=O)NC(C)(C)C)N(Cc1cccc(Cl)c1)C(=O)CSCc1ccc([N+](=O)[O-])cc1. The summed E-state index contributed by atoms with van der Waals surface area (Å²) >= 11 is 7.48. The molecule has 0 unspecified atom stereocenters. The van der Waals surface area contributed by atoms with Gasteiger partial charge in [0.1, 0.15) is 6.04 Å². The van der Waals surface area contributed by atoms with E-state index in [1.54, 1.807) is 36.1 Å². The van der Waals surface area contributed by atoms with Crippen molar-refractivity contribution in [1.29, 1.82) is 0 Å². The van der Waals surface area contributed by atoms with Gasteiger partial charge in [-0.25, -0.2) is 0 Å². The van der Waals surface area contributed by atoms with Crippen molar-refractivity contribution < 1.29 is 14.5 Å². The molecule has 0 saturated heterocycles. The number of carbonyl (C=O) groups excluding carboxylic acids is 2. The van der Waals surface area contributed by atoms with Gasteiger partial charge in [-0.2, -0.15) is 0 Å². The molecule has 0 aromatic heterocycles. The van der Waals surface area contributed by atoms with E-state index in [4.69, 9.17) is 11.6 Å². The van der Waals surface area contributed by atoms with Gasteiger partial charge in [0.05, 0.1) is 10.7 Å². The Morgan fingerprint density at radius 1 is 1.16 bits per heavy atom. The van der Waals surface area contributed by atoms with Gasteiger partial charge < -0.3 is 10.2 Å². The van der Waals surface area contributed by atoms with Crippen LogP contribution in [0.5, 0.6) is 0 Å². The van der Waals surface area contributed by atoms with E-state index in [-0.39, 0.29) is 29.8 Å². The van der Waals surface area contributed by atoms with Gasteiger partial charge in [0.15, 0.2) is 0 Å². The molecule has 0 saturated carbocycles. The third-order valence-corrected chi connectivity index (χ3v) is 5.77. The van der Waals surface area contributed by atoms with Gasteiger partial charge >= 0.3 is 0 Å². The van der Waals surface area contributed by atoms with E-state index >= 15 is 0 Å². The molecule has 2 amide bonds. The average molecular weight is 478 g/mol.